The Balaban J connectivity index is 2.08. The maximum atomic E-state index is 14.7. The molecule has 4 rings (SSSR count). The molecule has 4 aromatic rings. The zero-order valence-electron chi connectivity index (χ0n) is 21.2. The van der Waals surface area contributed by atoms with Gasteiger partial charge in [0.05, 0.1) is 28.8 Å². The van der Waals surface area contributed by atoms with Crippen LogP contribution in [0.5, 0.6) is 0 Å². The van der Waals surface area contributed by atoms with Gasteiger partial charge in [0.2, 0.25) is 10.0 Å². The highest BCUT2D eigenvalue weighted by Gasteiger charge is 2.24. The van der Waals surface area contributed by atoms with Crippen molar-refractivity contribution >= 4 is 60.7 Å². The Bertz CT molecular complexity index is 1880. The fraction of sp³-hybridized carbons (Fsp3) is 0.240. The Morgan fingerprint density at radius 3 is 2.39 bits per heavy atom. The maximum Gasteiger partial charge on any atom is 0.333 e. The molecule has 13 heteroatoms. The highest BCUT2D eigenvalue weighted by atomic mass is 127. The third-order valence-electron chi connectivity index (χ3n) is 6.02. The number of aromatic nitrogens is 3. The van der Waals surface area contributed by atoms with Crippen LogP contribution in [0.2, 0.25) is 0 Å². The Kier molecular flexibility index (Phi) is 7.27. The number of sulfonamides is 1. The zero-order valence-corrected chi connectivity index (χ0v) is 24.1. The van der Waals surface area contributed by atoms with Gasteiger partial charge in [0, 0.05) is 22.2 Å². The van der Waals surface area contributed by atoms with Gasteiger partial charge in [0.15, 0.2) is 0 Å². The molecule has 10 nitrogen and oxygen atoms in total. The van der Waals surface area contributed by atoms with Crippen LogP contribution in [0, 0.1) is 16.3 Å². The van der Waals surface area contributed by atoms with E-state index in [2.05, 4.69) is 10.3 Å². The Labute approximate surface area is 230 Å². The first-order valence-electron chi connectivity index (χ1n) is 11.4. The van der Waals surface area contributed by atoms with Crippen LogP contribution in [0.3, 0.4) is 0 Å². The molecule has 200 valence electrons. The number of hydrogen-bond acceptors (Lipinski definition) is 6. The van der Waals surface area contributed by atoms with Crippen LogP contribution < -0.4 is 26.4 Å². The van der Waals surface area contributed by atoms with Crippen LogP contribution in [0.4, 0.5) is 21.6 Å². The van der Waals surface area contributed by atoms with Gasteiger partial charge in [-0.15, -0.1) is 0 Å². The van der Waals surface area contributed by atoms with E-state index in [0.717, 1.165) is 10.8 Å². The summed E-state index contributed by atoms with van der Waals surface area (Å²) in [6, 6.07) is 10.2. The molecule has 0 saturated carbocycles. The fourth-order valence-electron chi connectivity index (χ4n) is 4.49. The van der Waals surface area contributed by atoms with Crippen molar-refractivity contribution in [3.8, 4) is 5.69 Å². The van der Waals surface area contributed by atoms with Crippen LogP contribution in [0.25, 0.3) is 16.6 Å². The van der Waals surface area contributed by atoms with E-state index in [1.807, 2.05) is 22.6 Å². The topological polar surface area (TPSA) is 126 Å². The summed E-state index contributed by atoms with van der Waals surface area (Å²) >= 11 is 1.96. The van der Waals surface area contributed by atoms with Crippen molar-refractivity contribution in [3.63, 3.8) is 0 Å². The van der Waals surface area contributed by atoms with Crippen molar-refractivity contribution < 1.29 is 12.8 Å². The minimum atomic E-state index is -3.66. The van der Waals surface area contributed by atoms with Crippen molar-refractivity contribution in [1.29, 1.82) is 0 Å². The third-order valence-corrected chi connectivity index (χ3v) is 8.03. The molecule has 2 heterocycles. The van der Waals surface area contributed by atoms with Crippen molar-refractivity contribution in [3.05, 3.63) is 88.6 Å². The molecule has 0 unspecified atom stereocenters. The molecule has 2 aromatic carbocycles. The standard InChI is InChI=1S/C25H25FIN5O5S/c1-13(2)32(38(5,36)37)17-8-6-7-16(12-17)31-21-14(3)24(34)30(4)22(20(21)23(33)29-25(31)35)28-19-10-9-15(27)11-18(19)26/h6-13,28H,1-5H3,(H,29,33,35). The number of fused-ring (bicyclic) bond motifs is 1. The quantitative estimate of drug-likeness (QED) is 0.308. The van der Waals surface area contributed by atoms with Gasteiger partial charge in [-0.2, -0.15) is 0 Å². The molecule has 0 radical (unpaired) electrons. The molecular weight excluding hydrogens is 628 g/mol. The monoisotopic (exact) mass is 653 g/mol. The second-order valence-electron chi connectivity index (χ2n) is 9.08. The summed E-state index contributed by atoms with van der Waals surface area (Å²) in [4.78, 5) is 41.8. The predicted molar refractivity (Wildman–Crippen MR) is 155 cm³/mol. The zero-order chi connectivity index (χ0) is 28.1. The average molecular weight is 653 g/mol. The summed E-state index contributed by atoms with van der Waals surface area (Å²) < 4.78 is 43.8. The van der Waals surface area contributed by atoms with Gasteiger partial charge < -0.3 is 5.32 Å². The smallest absolute Gasteiger partial charge is 0.333 e. The highest BCUT2D eigenvalue weighted by Crippen LogP contribution is 2.28. The first kappa shape index (κ1) is 27.6. The van der Waals surface area contributed by atoms with Crippen LogP contribution in [0.15, 0.2) is 56.8 Å². The number of pyridine rings is 1. The molecule has 0 bridgehead atoms. The molecule has 0 aliphatic heterocycles. The molecular formula is C25H25FIN5O5S. The number of aryl methyl sites for hydroxylation is 1. The summed E-state index contributed by atoms with van der Waals surface area (Å²) in [5.74, 6) is -0.605. The maximum absolute atomic E-state index is 14.7. The van der Waals surface area contributed by atoms with Crippen LogP contribution in [-0.4, -0.2) is 34.8 Å². The van der Waals surface area contributed by atoms with Crippen molar-refractivity contribution in [2.75, 3.05) is 15.9 Å². The molecule has 2 N–H and O–H groups in total. The molecule has 0 spiro atoms. The normalized spacial score (nSPS) is 11.8. The van der Waals surface area contributed by atoms with E-state index in [0.29, 0.717) is 9.26 Å². The minimum Gasteiger partial charge on any atom is -0.338 e. The van der Waals surface area contributed by atoms with Gasteiger partial charge in [0.25, 0.3) is 11.1 Å². The largest absolute Gasteiger partial charge is 0.338 e. The molecule has 0 atom stereocenters. The molecule has 0 aliphatic rings. The fourth-order valence-corrected chi connectivity index (χ4v) is 6.20. The van der Waals surface area contributed by atoms with Crippen molar-refractivity contribution in [2.45, 2.75) is 26.8 Å². The number of nitrogens with zero attached hydrogens (tertiary/aromatic N) is 3. The molecule has 0 fully saturated rings. The molecule has 0 amide bonds. The number of H-pyrrole nitrogens is 1. The van der Waals surface area contributed by atoms with Gasteiger partial charge in [0.1, 0.15) is 17.0 Å². The van der Waals surface area contributed by atoms with E-state index in [1.165, 1.54) is 41.0 Å². The van der Waals surface area contributed by atoms with E-state index in [-0.39, 0.29) is 33.7 Å². The number of rotatable bonds is 6. The summed E-state index contributed by atoms with van der Waals surface area (Å²) in [5, 5.41) is 2.80. The first-order chi connectivity index (χ1) is 17.7. The van der Waals surface area contributed by atoms with Gasteiger partial charge >= 0.3 is 5.69 Å². The lowest BCUT2D eigenvalue weighted by atomic mass is 10.1. The van der Waals surface area contributed by atoms with E-state index in [9.17, 15) is 27.2 Å². The summed E-state index contributed by atoms with van der Waals surface area (Å²) in [5.41, 5.74) is -1.43. The Morgan fingerprint density at radius 2 is 1.79 bits per heavy atom. The van der Waals surface area contributed by atoms with Crippen LogP contribution in [0.1, 0.15) is 19.4 Å². The number of halogens is 2. The Hall–Kier alpha value is -3.46. The van der Waals surface area contributed by atoms with Crippen molar-refractivity contribution in [1.82, 2.24) is 14.1 Å². The lowest BCUT2D eigenvalue weighted by Crippen LogP contribution is -2.36. The summed E-state index contributed by atoms with van der Waals surface area (Å²) in [6.45, 7) is 4.91. The van der Waals surface area contributed by atoms with Gasteiger partial charge in [-0.25, -0.2) is 17.6 Å². The SMILES string of the molecule is Cc1c(=O)n(C)c(Nc2ccc(I)cc2F)c2c(=O)[nH]c(=O)n(-c3cccc(N(C(C)C)S(C)(=O)=O)c3)c12. The van der Waals surface area contributed by atoms with E-state index < -0.39 is 38.7 Å². The highest BCUT2D eigenvalue weighted by molar-refractivity contribution is 14.1. The Morgan fingerprint density at radius 1 is 1.11 bits per heavy atom. The van der Waals surface area contributed by atoms with Gasteiger partial charge in [-0.3, -0.25) is 28.0 Å². The first-order valence-corrected chi connectivity index (χ1v) is 14.4. The van der Waals surface area contributed by atoms with Crippen LogP contribution >= 0.6 is 22.6 Å². The second-order valence-corrected chi connectivity index (χ2v) is 12.2. The lowest BCUT2D eigenvalue weighted by Gasteiger charge is -2.27. The molecule has 0 aliphatic carbocycles. The van der Waals surface area contributed by atoms with E-state index in [1.54, 1.807) is 38.1 Å². The molecule has 2 aromatic heterocycles. The summed E-state index contributed by atoms with van der Waals surface area (Å²) in [6.07, 6.45) is 1.08. The molecule has 0 saturated heterocycles. The van der Waals surface area contributed by atoms with Gasteiger partial charge in [-0.1, -0.05) is 6.07 Å². The number of anilines is 3. The second kappa shape index (κ2) is 10.0. The lowest BCUT2D eigenvalue weighted by molar-refractivity contribution is 0.590. The van der Waals surface area contributed by atoms with E-state index in [4.69, 9.17) is 0 Å². The van der Waals surface area contributed by atoms with Gasteiger partial charge in [-0.05, 0) is 79.8 Å². The minimum absolute atomic E-state index is 0.0122. The number of aromatic amines is 1. The third kappa shape index (κ3) is 4.87. The van der Waals surface area contributed by atoms with Crippen LogP contribution in [-0.2, 0) is 17.1 Å². The predicted octanol–water partition coefficient (Wildman–Crippen LogP) is 3.35. The molecule has 38 heavy (non-hydrogen) atoms. The van der Waals surface area contributed by atoms with Crippen molar-refractivity contribution in [2.24, 2.45) is 7.05 Å². The number of nitrogens with one attached hydrogen (secondary N) is 2. The number of hydrogen-bond donors (Lipinski definition) is 2. The average Bonchev–Trinajstić information content (AvgIpc) is 2.80. The number of benzene rings is 2. The van der Waals surface area contributed by atoms with E-state index >= 15 is 0 Å². The summed E-state index contributed by atoms with van der Waals surface area (Å²) in [7, 11) is -2.22.